The Morgan fingerprint density at radius 3 is 2.62 bits per heavy atom. The van der Waals surface area contributed by atoms with E-state index in [0.29, 0.717) is 36.4 Å². The van der Waals surface area contributed by atoms with Crippen LogP contribution in [0.25, 0.3) is 28.0 Å². The van der Waals surface area contributed by atoms with Crippen molar-refractivity contribution in [1.29, 1.82) is 5.26 Å². The highest BCUT2D eigenvalue weighted by Gasteiger charge is 2.30. The third-order valence-corrected chi connectivity index (χ3v) is 7.46. The molecule has 0 bridgehead atoms. The Balaban J connectivity index is 1.86. The zero-order valence-electron chi connectivity index (χ0n) is 23.7. The van der Waals surface area contributed by atoms with Crippen LogP contribution in [0.3, 0.4) is 0 Å². The van der Waals surface area contributed by atoms with Crippen LogP contribution < -0.4 is 10.6 Å². The minimum atomic E-state index is -0.764. The second kappa shape index (κ2) is 11.1. The second-order valence-electron chi connectivity index (χ2n) is 10.6. The maximum absolute atomic E-state index is 15.0. The summed E-state index contributed by atoms with van der Waals surface area (Å²) in [5.74, 6) is -1.45. The fourth-order valence-corrected chi connectivity index (χ4v) is 5.41. The third-order valence-electron chi connectivity index (χ3n) is 7.46. The molecule has 1 amide bonds. The molecule has 0 N–H and O–H groups in total. The molecule has 1 aliphatic heterocycles. The summed E-state index contributed by atoms with van der Waals surface area (Å²) in [4.78, 5) is 43.5. The second-order valence-corrected chi connectivity index (χ2v) is 10.6. The van der Waals surface area contributed by atoms with Crippen molar-refractivity contribution < 1.29 is 13.6 Å². The highest BCUT2D eigenvalue weighted by Crippen LogP contribution is 2.34. The van der Waals surface area contributed by atoms with E-state index in [1.807, 2.05) is 32.6 Å². The van der Waals surface area contributed by atoms with Crippen LogP contribution in [0.2, 0.25) is 0 Å². The van der Waals surface area contributed by atoms with E-state index in [9.17, 15) is 19.2 Å². The first-order valence-electron chi connectivity index (χ1n) is 13.5. The summed E-state index contributed by atoms with van der Waals surface area (Å²) in [5, 5.41) is 10.5. The number of aromatic nitrogens is 4. The van der Waals surface area contributed by atoms with E-state index in [2.05, 4.69) is 22.6 Å². The van der Waals surface area contributed by atoms with Crippen LogP contribution in [0.1, 0.15) is 43.5 Å². The molecule has 3 aromatic heterocycles. The molecule has 0 aliphatic carbocycles. The molecule has 0 spiro atoms. The number of carbonyl (C=O) groups is 1. The monoisotopic (exact) mass is 569 g/mol. The molecule has 214 valence electrons. The number of halogens is 2. The molecule has 11 heteroatoms. The highest BCUT2D eigenvalue weighted by atomic mass is 19.1. The van der Waals surface area contributed by atoms with Crippen molar-refractivity contribution in [2.45, 2.75) is 39.7 Å². The molecule has 9 nitrogen and oxygen atoms in total. The zero-order valence-corrected chi connectivity index (χ0v) is 23.7. The normalized spacial score (nSPS) is 15.2. The number of benzene rings is 1. The van der Waals surface area contributed by atoms with Gasteiger partial charge in [0, 0.05) is 37.4 Å². The Morgan fingerprint density at radius 1 is 1.19 bits per heavy atom. The quantitative estimate of drug-likeness (QED) is 0.322. The lowest BCUT2D eigenvalue weighted by Gasteiger charge is -2.40. The number of hydrogen-bond acceptors (Lipinski definition) is 7. The van der Waals surface area contributed by atoms with E-state index < -0.39 is 17.3 Å². The van der Waals surface area contributed by atoms with Gasteiger partial charge in [0.05, 0.1) is 28.0 Å². The predicted octanol–water partition coefficient (Wildman–Crippen LogP) is 4.65. The molecule has 42 heavy (non-hydrogen) atoms. The minimum absolute atomic E-state index is 0.0136. The zero-order chi connectivity index (χ0) is 30.3. The number of pyridine rings is 2. The van der Waals surface area contributed by atoms with Crippen molar-refractivity contribution >= 4 is 22.8 Å². The van der Waals surface area contributed by atoms with E-state index in [0.717, 1.165) is 23.8 Å². The van der Waals surface area contributed by atoms with Gasteiger partial charge in [-0.25, -0.2) is 23.1 Å². The standard InChI is InChI=1S/C31H29F2N7O2/c1-6-25(41)38-11-12-39(19(5)16-38)29-23-13-20(15-34)27(22-14-21(32)7-8-24(22)33)36-30(23)40(31(42)37-29)28-18(4)9-10-35-26(28)17(2)3/h6-10,13-14,17,19H,1,11-12,16H2,2-5H3. The fraction of sp³-hybridized carbons (Fsp3) is 0.290. The van der Waals surface area contributed by atoms with Gasteiger partial charge in [0.1, 0.15) is 23.5 Å². The number of piperazine rings is 1. The molecule has 1 atom stereocenters. The Bertz CT molecular complexity index is 1840. The maximum Gasteiger partial charge on any atom is 0.355 e. The average molecular weight is 570 g/mol. The Morgan fingerprint density at radius 2 is 1.95 bits per heavy atom. The lowest BCUT2D eigenvalue weighted by Crippen LogP contribution is -2.54. The predicted molar refractivity (Wildman–Crippen MR) is 155 cm³/mol. The van der Waals surface area contributed by atoms with Gasteiger partial charge in [-0.2, -0.15) is 10.2 Å². The first-order chi connectivity index (χ1) is 20.0. The summed E-state index contributed by atoms with van der Waals surface area (Å²) < 4.78 is 30.6. The molecule has 1 aliphatic rings. The summed E-state index contributed by atoms with van der Waals surface area (Å²) >= 11 is 0. The molecule has 1 aromatic carbocycles. The van der Waals surface area contributed by atoms with E-state index >= 15 is 4.39 Å². The first-order valence-corrected chi connectivity index (χ1v) is 13.5. The van der Waals surface area contributed by atoms with Gasteiger partial charge < -0.3 is 9.80 Å². The lowest BCUT2D eigenvalue weighted by molar-refractivity contribution is -0.126. The van der Waals surface area contributed by atoms with Crippen LogP contribution >= 0.6 is 0 Å². The summed E-state index contributed by atoms with van der Waals surface area (Å²) in [6.07, 6.45) is 2.92. The van der Waals surface area contributed by atoms with Crippen LogP contribution in [0.15, 0.2) is 54.0 Å². The van der Waals surface area contributed by atoms with Crippen LogP contribution in [-0.2, 0) is 4.79 Å². The summed E-state index contributed by atoms with van der Waals surface area (Å²) in [7, 11) is 0. The molecule has 1 saturated heterocycles. The van der Waals surface area contributed by atoms with Crippen molar-refractivity contribution in [3.05, 3.63) is 88.1 Å². The van der Waals surface area contributed by atoms with E-state index in [1.54, 1.807) is 17.2 Å². The van der Waals surface area contributed by atoms with Gasteiger partial charge in [0.15, 0.2) is 5.65 Å². The molecular formula is C31H29F2N7O2. The number of fused-ring (bicyclic) bond motifs is 1. The van der Waals surface area contributed by atoms with Gasteiger partial charge in [0.2, 0.25) is 5.91 Å². The molecule has 1 unspecified atom stereocenters. The Kier molecular flexibility index (Phi) is 7.56. The number of aryl methyl sites for hydroxylation is 1. The van der Waals surface area contributed by atoms with Crippen molar-refractivity contribution in [3.63, 3.8) is 0 Å². The number of nitriles is 1. The molecule has 4 aromatic rings. The van der Waals surface area contributed by atoms with Gasteiger partial charge in [0.25, 0.3) is 0 Å². The first kappa shape index (κ1) is 28.5. The van der Waals surface area contributed by atoms with Gasteiger partial charge in [-0.1, -0.05) is 20.4 Å². The van der Waals surface area contributed by atoms with Gasteiger partial charge in [-0.3, -0.25) is 9.78 Å². The van der Waals surface area contributed by atoms with Crippen LogP contribution in [0.4, 0.5) is 14.6 Å². The van der Waals surface area contributed by atoms with Crippen LogP contribution in [-0.4, -0.2) is 56.0 Å². The molecular weight excluding hydrogens is 540 g/mol. The average Bonchev–Trinajstić information content (AvgIpc) is 2.97. The van der Waals surface area contributed by atoms with Crippen molar-refractivity contribution in [1.82, 2.24) is 24.4 Å². The molecule has 4 heterocycles. The Hall–Kier alpha value is -4.98. The molecule has 1 fully saturated rings. The summed E-state index contributed by atoms with van der Waals surface area (Å²) in [5.41, 5.74) is 1.01. The SMILES string of the molecule is C=CC(=O)N1CCN(c2nc(=O)n(-c3c(C)ccnc3C(C)C)c3nc(-c4cc(F)ccc4F)c(C#N)cc23)C(C)C1. The molecule has 5 rings (SSSR count). The van der Waals surface area contributed by atoms with Crippen molar-refractivity contribution in [2.24, 2.45) is 0 Å². The lowest BCUT2D eigenvalue weighted by atomic mass is 10.0. The largest absolute Gasteiger partial charge is 0.355 e. The van der Waals surface area contributed by atoms with E-state index in [4.69, 9.17) is 4.98 Å². The fourth-order valence-electron chi connectivity index (χ4n) is 5.41. The van der Waals surface area contributed by atoms with Crippen LogP contribution in [0, 0.1) is 29.9 Å². The smallest absolute Gasteiger partial charge is 0.350 e. The van der Waals surface area contributed by atoms with Gasteiger partial charge in [-0.05, 0) is 61.7 Å². The number of amides is 1. The third kappa shape index (κ3) is 4.89. The van der Waals surface area contributed by atoms with Gasteiger partial charge in [-0.15, -0.1) is 0 Å². The minimum Gasteiger partial charge on any atom is -0.350 e. The number of rotatable bonds is 5. The topological polar surface area (TPSA) is 108 Å². The van der Waals surface area contributed by atoms with Gasteiger partial charge >= 0.3 is 5.69 Å². The van der Waals surface area contributed by atoms with E-state index in [-0.39, 0.29) is 46.2 Å². The van der Waals surface area contributed by atoms with Crippen molar-refractivity contribution in [2.75, 3.05) is 24.5 Å². The summed E-state index contributed by atoms with van der Waals surface area (Å²) in [6, 6.07) is 8.01. The number of hydrogen-bond donors (Lipinski definition) is 0. The van der Waals surface area contributed by atoms with Crippen molar-refractivity contribution in [3.8, 4) is 23.0 Å². The highest BCUT2D eigenvalue weighted by molar-refractivity contribution is 5.92. The maximum atomic E-state index is 15.0. The Labute approximate surface area is 241 Å². The van der Waals surface area contributed by atoms with Crippen LogP contribution in [0.5, 0.6) is 0 Å². The van der Waals surface area contributed by atoms with E-state index in [1.165, 1.54) is 16.7 Å². The summed E-state index contributed by atoms with van der Waals surface area (Å²) in [6.45, 7) is 12.3. The number of carbonyl (C=O) groups excluding carboxylic acids is 1. The number of anilines is 1. The number of nitrogens with zero attached hydrogens (tertiary/aromatic N) is 7. The molecule has 0 radical (unpaired) electrons. The molecule has 0 saturated carbocycles.